The number of rotatable bonds is 7. The molecule has 3 N–H and O–H groups in total. The van der Waals surface area contributed by atoms with E-state index in [1.807, 2.05) is 0 Å². The number of methoxy groups -OCH3 is 1. The lowest BCUT2D eigenvalue weighted by Crippen LogP contribution is -2.26. The molecule has 1 unspecified atom stereocenters. The highest BCUT2D eigenvalue weighted by atomic mass is 16.6. The van der Waals surface area contributed by atoms with Crippen LogP contribution >= 0.6 is 0 Å². The first kappa shape index (κ1) is 19.2. The third kappa shape index (κ3) is 4.59. The third-order valence-electron chi connectivity index (χ3n) is 4.30. The largest absolute Gasteiger partial charge is 0.490 e. The van der Waals surface area contributed by atoms with E-state index in [0.717, 1.165) is 5.56 Å². The quantitative estimate of drug-likeness (QED) is 0.430. The molecule has 1 atom stereocenters. The maximum atomic E-state index is 12.1. The molecule has 146 valence electrons. The maximum absolute atomic E-state index is 12.1. The Balaban J connectivity index is 1.54. The first-order valence-electron chi connectivity index (χ1n) is 8.67. The zero-order valence-corrected chi connectivity index (χ0v) is 15.4. The minimum atomic E-state index is -0.447. The topological polar surface area (TPSA) is 115 Å². The SMILES string of the molecule is COC(=O)Cc1ccc(OCC2CN(c3ccc(C(=N)N)cc3)C(=O)O2)cc1. The van der Waals surface area contributed by atoms with Crippen molar-refractivity contribution in [2.75, 3.05) is 25.2 Å². The molecule has 0 aliphatic carbocycles. The second-order valence-electron chi connectivity index (χ2n) is 6.28. The lowest BCUT2D eigenvalue weighted by molar-refractivity contribution is -0.139. The summed E-state index contributed by atoms with van der Waals surface area (Å²) in [4.78, 5) is 24.9. The number of carbonyl (C=O) groups excluding carboxylic acids is 2. The summed E-state index contributed by atoms with van der Waals surface area (Å²) in [7, 11) is 1.35. The highest BCUT2D eigenvalue weighted by Crippen LogP contribution is 2.23. The zero-order valence-electron chi connectivity index (χ0n) is 15.4. The van der Waals surface area contributed by atoms with Crippen molar-refractivity contribution >= 4 is 23.6 Å². The fourth-order valence-corrected chi connectivity index (χ4v) is 2.77. The standard InChI is InChI=1S/C20H21N3O5/c1-26-18(24)10-13-2-8-16(9-3-13)27-12-17-11-23(20(25)28-17)15-6-4-14(5-7-15)19(21)22/h2-9,17H,10-12H2,1H3,(H3,21,22). The number of cyclic esters (lactones) is 1. The number of anilines is 1. The number of ether oxygens (including phenoxy) is 3. The number of benzene rings is 2. The predicted octanol–water partition coefficient (Wildman–Crippen LogP) is 2.09. The molecule has 0 saturated carbocycles. The molecule has 1 aliphatic rings. The van der Waals surface area contributed by atoms with Gasteiger partial charge >= 0.3 is 12.1 Å². The molecule has 0 radical (unpaired) electrons. The zero-order chi connectivity index (χ0) is 20.1. The molecule has 2 aromatic rings. The van der Waals surface area contributed by atoms with Crippen LogP contribution in [-0.4, -0.2) is 44.3 Å². The molecule has 8 nitrogen and oxygen atoms in total. The molecular formula is C20H21N3O5. The molecule has 1 heterocycles. The molecule has 28 heavy (non-hydrogen) atoms. The molecule has 0 spiro atoms. The van der Waals surface area contributed by atoms with E-state index in [1.165, 1.54) is 12.0 Å². The summed E-state index contributed by atoms with van der Waals surface area (Å²) in [6.07, 6.45) is -0.652. The second-order valence-corrected chi connectivity index (χ2v) is 6.28. The van der Waals surface area contributed by atoms with Crippen LogP contribution in [0.4, 0.5) is 10.5 Å². The van der Waals surface area contributed by atoms with Crippen LogP contribution in [0.15, 0.2) is 48.5 Å². The van der Waals surface area contributed by atoms with Crippen molar-refractivity contribution in [3.05, 3.63) is 59.7 Å². The second kappa shape index (κ2) is 8.43. The number of nitrogens with one attached hydrogen (secondary N) is 1. The Morgan fingerprint density at radius 1 is 1.21 bits per heavy atom. The number of esters is 1. The number of carbonyl (C=O) groups is 2. The predicted molar refractivity (Wildman–Crippen MR) is 103 cm³/mol. The van der Waals surface area contributed by atoms with Crippen LogP contribution in [0.2, 0.25) is 0 Å². The number of hydrogen-bond donors (Lipinski definition) is 2. The number of amidine groups is 1. The van der Waals surface area contributed by atoms with Gasteiger partial charge in [-0.3, -0.25) is 15.1 Å². The smallest absolute Gasteiger partial charge is 0.414 e. The van der Waals surface area contributed by atoms with E-state index in [4.69, 9.17) is 20.6 Å². The van der Waals surface area contributed by atoms with E-state index in [9.17, 15) is 9.59 Å². The summed E-state index contributed by atoms with van der Waals surface area (Å²) in [5.74, 6) is 0.288. The summed E-state index contributed by atoms with van der Waals surface area (Å²) in [5.41, 5.74) is 7.53. The number of nitrogens with two attached hydrogens (primary N) is 1. The van der Waals surface area contributed by atoms with Crippen LogP contribution < -0.4 is 15.4 Å². The summed E-state index contributed by atoms with van der Waals surface area (Å²) >= 11 is 0. The van der Waals surface area contributed by atoms with Crippen molar-refractivity contribution in [2.24, 2.45) is 5.73 Å². The van der Waals surface area contributed by atoms with Crippen LogP contribution in [-0.2, 0) is 20.7 Å². The molecule has 3 rings (SSSR count). The lowest BCUT2D eigenvalue weighted by Gasteiger charge is -2.13. The molecule has 0 aromatic heterocycles. The van der Waals surface area contributed by atoms with Gasteiger partial charge in [-0.05, 0) is 42.0 Å². The monoisotopic (exact) mass is 383 g/mol. The van der Waals surface area contributed by atoms with Gasteiger partial charge < -0.3 is 19.9 Å². The molecule has 2 aromatic carbocycles. The van der Waals surface area contributed by atoms with Crippen LogP contribution in [0, 0.1) is 5.41 Å². The number of amides is 1. The summed E-state index contributed by atoms with van der Waals surface area (Å²) < 4.78 is 15.7. The van der Waals surface area contributed by atoms with Crippen molar-refractivity contribution in [1.82, 2.24) is 0 Å². The van der Waals surface area contributed by atoms with Gasteiger partial charge in [-0.15, -0.1) is 0 Å². The molecule has 1 amide bonds. The minimum Gasteiger partial charge on any atom is -0.490 e. The fourth-order valence-electron chi connectivity index (χ4n) is 2.77. The van der Waals surface area contributed by atoms with Gasteiger partial charge in [0, 0.05) is 11.3 Å². The van der Waals surface area contributed by atoms with Gasteiger partial charge in [-0.25, -0.2) is 4.79 Å². The van der Waals surface area contributed by atoms with Crippen molar-refractivity contribution in [3.8, 4) is 5.75 Å². The molecular weight excluding hydrogens is 362 g/mol. The molecule has 1 fully saturated rings. The molecule has 1 saturated heterocycles. The van der Waals surface area contributed by atoms with E-state index in [1.54, 1.807) is 48.5 Å². The Kier molecular flexibility index (Phi) is 5.78. The normalized spacial score (nSPS) is 15.8. The minimum absolute atomic E-state index is 0.0283. The molecule has 1 aliphatic heterocycles. The van der Waals surface area contributed by atoms with Gasteiger partial charge in [0.1, 0.15) is 18.2 Å². The summed E-state index contributed by atoms with van der Waals surface area (Å²) in [5, 5.41) is 7.41. The van der Waals surface area contributed by atoms with Gasteiger partial charge in [0.2, 0.25) is 0 Å². The summed E-state index contributed by atoms with van der Waals surface area (Å²) in [6.45, 7) is 0.572. The van der Waals surface area contributed by atoms with Crippen molar-refractivity contribution < 1.29 is 23.8 Å². The highest BCUT2D eigenvalue weighted by Gasteiger charge is 2.32. The van der Waals surface area contributed by atoms with Gasteiger partial charge in [0.25, 0.3) is 0 Å². The lowest BCUT2D eigenvalue weighted by atomic mass is 10.1. The number of hydrogen-bond acceptors (Lipinski definition) is 6. The summed E-state index contributed by atoms with van der Waals surface area (Å²) in [6, 6.07) is 13.9. The Morgan fingerprint density at radius 2 is 1.89 bits per heavy atom. The third-order valence-corrected chi connectivity index (χ3v) is 4.30. The number of nitrogens with zero attached hydrogens (tertiary/aromatic N) is 1. The number of nitrogen functional groups attached to an aromatic ring is 1. The Bertz CT molecular complexity index is 864. The van der Waals surface area contributed by atoms with Crippen LogP contribution in [0.25, 0.3) is 0 Å². The van der Waals surface area contributed by atoms with Crippen LogP contribution in [0.5, 0.6) is 5.75 Å². The van der Waals surface area contributed by atoms with Crippen LogP contribution in [0.1, 0.15) is 11.1 Å². The van der Waals surface area contributed by atoms with E-state index < -0.39 is 12.2 Å². The first-order valence-corrected chi connectivity index (χ1v) is 8.67. The maximum Gasteiger partial charge on any atom is 0.414 e. The van der Waals surface area contributed by atoms with E-state index in [0.29, 0.717) is 23.5 Å². The first-order chi connectivity index (χ1) is 13.5. The van der Waals surface area contributed by atoms with Crippen LogP contribution in [0.3, 0.4) is 0 Å². The molecule has 8 heteroatoms. The van der Waals surface area contributed by atoms with Crippen molar-refractivity contribution in [2.45, 2.75) is 12.5 Å². The van der Waals surface area contributed by atoms with Crippen molar-refractivity contribution in [1.29, 1.82) is 5.41 Å². The Morgan fingerprint density at radius 3 is 2.50 bits per heavy atom. The van der Waals surface area contributed by atoms with Gasteiger partial charge in [0.15, 0.2) is 6.10 Å². The molecule has 0 bridgehead atoms. The van der Waals surface area contributed by atoms with Crippen molar-refractivity contribution in [3.63, 3.8) is 0 Å². The van der Waals surface area contributed by atoms with E-state index in [-0.39, 0.29) is 24.8 Å². The highest BCUT2D eigenvalue weighted by molar-refractivity contribution is 5.96. The Labute approximate surface area is 162 Å². The fraction of sp³-hybridized carbons (Fsp3) is 0.250. The van der Waals surface area contributed by atoms with Gasteiger partial charge in [0.05, 0.1) is 20.1 Å². The van der Waals surface area contributed by atoms with E-state index in [2.05, 4.69) is 4.74 Å². The van der Waals surface area contributed by atoms with Gasteiger partial charge in [-0.2, -0.15) is 0 Å². The average Bonchev–Trinajstić information content (AvgIpc) is 3.08. The van der Waals surface area contributed by atoms with E-state index >= 15 is 0 Å². The Hall–Kier alpha value is -3.55. The van der Waals surface area contributed by atoms with Gasteiger partial charge in [-0.1, -0.05) is 12.1 Å². The average molecular weight is 383 g/mol.